The Morgan fingerprint density at radius 2 is 1.18 bits per heavy atom. The molecule has 0 radical (unpaired) electrons. The normalized spacial score (nSPS) is 6.91. The van der Waals surface area contributed by atoms with Gasteiger partial charge in [-0.2, -0.15) is 0 Å². The number of hydrogen-bond donors (Lipinski definition) is 5. The second-order valence-corrected chi connectivity index (χ2v) is 1.14. The van der Waals surface area contributed by atoms with Crippen LogP contribution in [-0.4, -0.2) is 28.4 Å². The van der Waals surface area contributed by atoms with E-state index in [9.17, 15) is 9.59 Å². The molecule has 7 N–H and O–H groups in total. The first-order valence-corrected chi connectivity index (χ1v) is 2.14. The van der Waals surface area contributed by atoms with Crippen LogP contribution in [0.25, 0.3) is 0 Å². The van der Waals surface area contributed by atoms with Gasteiger partial charge in [-0.3, -0.25) is 5.32 Å². The highest BCUT2D eigenvalue weighted by Gasteiger charge is 1.92. The molecule has 0 aromatic heterocycles. The van der Waals surface area contributed by atoms with Gasteiger partial charge in [-0.1, -0.05) is 0 Å². The third-order valence-corrected chi connectivity index (χ3v) is 0.246. The fourth-order valence-corrected chi connectivity index (χ4v) is 0.121. The first-order chi connectivity index (χ1) is 4.86. The van der Waals surface area contributed by atoms with Crippen LogP contribution < -0.4 is 16.8 Å². The average Bonchev–Trinajstić information content (AvgIpc) is 1.56. The van der Waals surface area contributed by atoms with Gasteiger partial charge in [0.15, 0.2) is 0 Å². The van der Waals surface area contributed by atoms with Crippen molar-refractivity contribution in [2.75, 3.05) is 0 Å². The van der Waals surface area contributed by atoms with E-state index in [1.807, 2.05) is 0 Å². The first-order valence-electron chi connectivity index (χ1n) is 2.14. The van der Waals surface area contributed by atoms with E-state index in [2.05, 4.69) is 11.5 Å². The predicted molar refractivity (Wildman–Crippen MR) is 33.0 cm³/mol. The molecule has 0 rings (SSSR count). The molecule has 0 unspecified atom stereocenters. The van der Waals surface area contributed by atoms with Crippen molar-refractivity contribution < 1.29 is 24.6 Å². The molecular formula is C3H7N3O5. The summed E-state index contributed by atoms with van der Waals surface area (Å²) in [6.45, 7) is 0. The fraction of sp³-hybridized carbons (Fsp3) is 0. The summed E-state index contributed by atoms with van der Waals surface area (Å²) < 4.78 is 0. The van der Waals surface area contributed by atoms with Crippen molar-refractivity contribution in [3.63, 3.8) is 0 Å². The topological polar surface area (TPSA) is 156 Å². The van der Waals surface area contributed by atoms with Crippen molar-refractivity contribution in [2.24, 2.45) is 11.5 Å². The molecule has 64 valence electrons. The van der Waals surface area contributed by atoms with Gasteiger partial charge in [0, 0.05) is 0 Å². The third-order valence-electron chi connectivity index (χ3n) is 0.246. The Kier molecular flexibility index (Phi) is 6.56. The summed E-state index contributed by atoms with van der Waals surface area (Å²) in [5.74, 6) is 0. The maximum Gasteiger partial charge on any atom is 0.503 e. The number of carboxylic acid groups (broad SMARTS) is 2. The van der Waals surface area contributed by atoms with Gasteiger partial charge in [0.2, 0.25) is 0 Å². The molecule has 0 aromatic carbocycles. The van der Waals surface area contributed by atoms with Crippen molar-refractivity contribution >= 4 is 18.2 Å². The number of hydrogen-bond acceptors (Lipinski definition) is 3. The minimum Gasteiger partial charge on any atom is -0.450 e. The standard InChI is InChI=1S/C2H5N3O2.CH2O3/c3-1(6)5-2(4)7;2-1(3)4/h(H5,3,4,5,6,7);(H2,2,3,4). The molecule has 0 spiro atoms. The molecule has 0 saturated heterocycles. The number of amides is 4. The molecule has 8 heteroatoms. The Balaban J connectivity index is 0. The van der Waals surface area contributed by atoms with Crippen molar-refractivity contribution in [3.05, 3.63) is 0 Å². The highest BCUT2D eigenvalue weighted by atomic mass is 16.6. The maximum absolute atomic E-state index is 9.62. The lowest BCUT2D eigenvalue weighted by molar-refractivity contribution is 0.137. The number of carbonyl (C=O) groups is 3. The zero-order chi connectivity index (χ0) is 9.44. The van der Waals surface area contributed by atoms with Crippen LogP contribution in [0.3, 0.4) is 0 Å². The fourth-order valence-electron chi connectivity index (χ4n) is 0.121. The lowest BCUT2D eigenvalue weighted by Crippen LogP contribution is -2.38. The van der Waals surface area contributed by atoms with Crippen molar-refractivity contribution in [1.82, 2.24) is 5.32 Å². The summed E-state index contributed by atoms with van der Waals surface area (Å²) in [7, 11) is 0. The average molecular weight is 165 g/mol. The molecule has 0 saturated carbocycles. The molecule has 0 aliphatic rings. The molecule has 4 amide bonds. The van der Waals surface area contributed by atoms with Crippen LogP contribution in [-0.2, 0) is 0 Å². The highest BCUT2D eigenvalue weighted by Crippen LogP contribution is 1.51. The summed E-state index contributed by atoms with van der Waals surface area (Å²) in [5.41, 5.74) is 8.88. The van der Waals surface area contributed by atoms with Crippen LogP contribution in [0.15, 0.2) is 0 Å². The zero-order valence-corrected chi connectivity index (χ0v) is 5.27. The summed E-state index contributed by atoms with van der Waals surface area (Å²) in [5, 5.41) is 15.5. The third kappa shape index (κ3) is 71.6. The van der Waals surface area contributed by atoms with Crippen LogP contribution >= 0.6 is 0 Å². The number of rotatable bonds is 0. The zero-order valence-electron chi connectivity index (χ0n) is 5.27. The molecule has 8 nitrogen and oxygen atoms in total. The van der Waals surface area contributed by atoms with Gasteiger partial charge in [-0.25, -0.2) is 14.4 Å². The second kappa shape index (κ2) is 6.13. The van der Waals surface area contributed by atoms with Crippen molar-refractivity contribution in [1.29, 1.82) is 0 Å². The Morgan fingerprint density at radius 3 is 1.18 bits per heavy atom. The van der Waals surface area contributed by atoms with Gasteiger partial charge in [0.05, 0.1) is 0 Å². The van der Waals surface area contributed by atoms with Crippen LogP contribution in [0.1, 0.15) is 0 Å². The van der Waals surface area contributed by atoms with E-state index in [-0.39, 0.29) is 0 Å². The summed E-state index contributed by atoms with van der Waals surface area (Å²) in [6.07, 6.45) is -1.83. The van der Waals surface area contributed by atoms with Gasteiger partial charge < -0.3 is 21.7 Å². The molecule has 0 aliphatic heterocycles. The molecule has 0 heterocycles. The van der Waals surface area contributed by atoms with E-state index >= 15 is 0 Å². The number of nitrogens with two attached hydrogens (primary N) is 2. The molecule has 0 aliphatic carbocycles. The Morgan fingerprint density at radius 1 is 1.00 bits per heavy atom. The van der Waals surface area contributed by atoms with E-state index in [4.69, 9.17) is 15.0 Å². The molecule has 0 aromatic rings. The van der Waals surface area contributed by atoms with Crippen LogP contribution in [0.2, 0.25) is 0 Å². The van der Waals surface area contributed by atoms with E-state index in [0.29, 0.717) is 0 Å². The molecule has 0 bridgehead atoms. The minimum atomic E-state index is -1.83. The maximum atomic E-state index is 9.62. The smallest absolute Gasteiger partial charge is 0.450 e. The number of primary amides is 2. The van der Waals surface area contributed by atoms with E-state index in [0.717, 1.165) is 0 Å². The van der Waals surface area contributed by atoms with E-state index in [1.54, 1.807) is 5.32 Å². The predicted octanol–water partition coefficient (Wildman–Crippen LogP) is -1.04. The summed E-state index contributed by atoms with van der Waals surface area (Å²) in [4.78, 5) is 27.8. The summed E-state index contributed by atoms with van der Waals surface area (Å²) >= 11 is 0. The van der Waals surface area contributed by atoms with Crippen LogP contribution in [0, 0.1) is 0 Å². The van der Waals surface area contributed by atoms with Crippen LogP contribution in [0.4, 0.5) is 14.4 Å². The molecule has 0 fully saturated rings. The lowest BCUT2D eigenvalue weighted by Gasteiger charge is -1.88. The van der Waals surface area contributed by atoms with Crippen molar-refractivity contribution in [2.45, 2.75) is 0 Å². The molecule has 0 atom stereocenters. The monoisotopic (exact) mass is 165 g/mol. The highest BCUT2D eigenvalue weighted by molar-refractivity contribution is 5.91. The van der Waals surface area contributed by atoms with E-state index in [1.165, 1.54) is 0 Å². The number of nitrogens with one attached hydrogen (secondary N) is 1. The molecular weight excluding hydrogens is 158 g/mol. The van der Waals surface area contributed by atoms with Gasteiger partial charge in [0.25, 0.3) is 0 Å². The molecule has 11 heavy (non-hydrogen) atoms. The largest absolute Gasteiger partial charge is 0.503 e. The lowest BCUT2D eigenvalue weighted by atomic mass is 10.9. The van der Waals surface area contributed by atoms with Gasteiger partial charge in [0.1, 0.15) is 0 Å². The van der Waals surface area contributed by atoms with Gasteiger partial charge in [-0.15, -0.1) is 0 Å². The number of carbonyl (C=O) groups excluding carboxylic acids is 2. The number of imide groups is 1. The van der Waals surface area contributed by atoms with Gasteiger partial charge in [-0.05, 0) is 0 Å². The minimum absolute atomic E-state index is 0.937. The Labute approximate surface area is 60.8 Å². The first kappa shape index (κ1) is 11.8. The number of urea groups is 2. The quantitative estimate of drug-likeness (QED) is 0.309. The Bertz CT molecular complexity index is 150. The summed E-state index contributed by atoms with van der Waals surface area (Å²) in [6, 6.07) is -1.88. The Hall–Kier alpha value is -1.99. The van der Waals surface area contributed by atoms with Gasteiger partial charge >= 0.3 is 18.2 Å². The van der Waals surface area contributed by atoms with Crippen LogP contribution in [0.5, 0.6) is 0 Å². The SMILES string of the molecule is NC(=O)NC(N)=O.O=C(O)O. The van der Waals surface area contributed by atoms with E-state index < -0.39 is 18.2 Å². The van der Waals surface area contributed by atoms with Crippen molar-refractivity contribution in [3.8, 4) is 0 Å². The second-order valence-electron chi connectivity index (χ2n) is 1.14.